The van der Waals surface area contributed by atoms with Crippen LogP contribution < -0.4 is 5.32 Å². The molecule has 0 spiro atoms. The quantitative estimate of drug-likeness (QED) is 0.889. The lowest BCUT2D eigenvalue weighted by molar-refractivity contribution is -0.138. The molecule has 1 amide bonds. The molecule has 1 aromatic heterocycles. The maximum absolute atomic E-state index is 12.9. The fraction of sp³-hybridized carbons (Fsp3) is 0.250. The maximum atomic E-state index is 12.9. The normalized spacial score (nSPS) is 12.0. The van der Waals surface area contributed by atoms with Crippen molar-refractivity contribution in [2.45, 2.75) is 19.8 Å². The number of carboxylic acid groups (broad SMARTS) is 1. The fourth-order valence-electron chi connectivity index (χ4n) is 2.01. The van der Waals surface area contributed by atoms with Gasteiger partial charge in [0.05, 0.1) is 10.8 Å². The van der Waals surface area contributed by atoms with E-state index in [-0.39, 0.29) is 12.5 Å². The van der Waals surface area contributed by atoms with E-state index in [1.807, 2.05) is 13.8 Å². The summed E-state index contributed by atoms with van der Waals surface area (Å²) in [4.78, 5) is 25.0. The molecule has 1 unspecified atom stereocenters. The minimum Gasteiger partial charge on any atom is -0.481 e. The number of hydrogen-bond acceptors (Lipinski definition) is 3. The van der Waals surface area contributed by atoms with Crippen molar-refractivity contribution < 1.29 is 19.1 Å². The molecule has 4 nitrogen and oxygen atoms in total. The van der Waals surface area contributed by atoms with Crippen LogP contribution in [0.2, 0.25) is 0 Å². The van der Waals surface area contributed by atoms with E-state index in [0.717, 1.165) is 10.4 Å². The van der Waals surface area contributed by atoms with E-state index >= 15 is 0 Å². The van der Waals surface area contributed by atoms with Crippen LogP contribution in [0.3, 0.4) is 0 Å². The van der Waals surface area contributed by atoms with Crippen molar-refractivity contribution in [3.05, 3.63) is 57.0 Å². The van der Waals surface area contributed by atoms with E-state index in [2.05, 4.69) is 5.32 Å². The highest BCUT2D eigenvalue weighted by Gasteiger charge is 2.21. The van der Waals surface area contributed by atoms with Gasteiger partial charge in [-0.3, -0.25) is 9.59 Å². The summed E-state index contributed by atoms with van der Waals surface area (Å²) in [6.45, 7) is 3.80. The minimum absolute atomic E-state index is 0.0458. The third-order valence-corrected chi connectivity index (χ3v) is 4.58. The molecule has 0 aliphatic heterocycles. The molecule has 0 aliphatic carbocycles. The summed E-state index contributed by atoms with van der Waals surface area (Å²) in [6, 6.07) is 7.03. The number of rotatable bonds is 5. The van der Waals surface area contributed by atoms with Gasteiger partial charge in [0.1, 0.15) is 5.82 Å². The zero-order chi connectivity index (χ0) is 16.3. The van der Waals surface area contributed by atoms with Crippen molar-refractivity contribution in [2.24, 2.45) is 0 Å². The number of aliphatic carboxylic acids is 1. The lowest BCUT2D eigenvalue weighted by Crippen LogP contribution is -2.31. The summed E-state index contributed by atoms with van der Waals surface area (Å²) < 4.78 is 12.9. The van der Waals surface area contributed by atoms with Crippen molar-refractivity contribution in [1.29, 1.82) is 0 Å². The topological polar surface area (TPSA) is 66.4 Å². The van der Waals surface area contributed by atoms with Crippen molar-refractivity contribution >= 4 is 23.2 Å². The van der Waals surface area contributed by atoms with Crippen LogP contribution in [-0.2, 0) is 4.79 Å². The predicted molar refractivity (Wildman–Crippen MR) is 82.9 cm³/mol. The highest BCUT2D eigenvalue weighted by atomic mass is 32.1. The Morgan fingerprint density at radius 2 is 1.91 bits per heavy atom. The van der Waals surface area contributed by atoms with Gasteiger partial charge in [0.15, 0.2) is 0 Å². The van der Waals surface area contributed by atoms with E-state index in [1.54, 1.807) is 6.07 Å². The van der Waals surface area contributed by atoms with Gasteiger partial charge in [-0.05, 0) is 43.2 Å². The monoisotopic (exact) mass is 321 g/mol. The molecule has 0 saturated heterocycles. The molecule has 0 saturated carbocycles. The van der Waals surface area contributed by atoms with Gasteiger partial charge in [0.25, 0.3) is 5.91 Å². The Morgan fingerprint density at radius 3 is 2.41 bits per heavy atom. The Hall–Kier alpha value is -2.21. The molecular weight excluding hydrogens is 305 g/mol. The highest BCUT2D eigenvalue weighted by Crippen LogP contribution is 2.21. The largest absolute Gasteiger partial charge is 0.481 e. The molecule has 0 radical (unpaired) electrons. The number of halogens is 1. The standard InChI is InChI=1S/C16H16FNO3S/c1-9-7-14(22-10(9)2)15(19)18-8-13(16(20)21)11-3-5-12(17)6-4-11/h3-7,13H,8H2,1-2H3,(H,18,19)(H,20,21). The molecule has 2 rings (SSSR count). The second kappa shape index (κ2) is 6.70. The van der Waals surface area contributed by atoms with Crippen LogP contribution in [0.15, 0.2) is 30.3 Å². The number of thiophene rings is 1. The van der Waals surface area contributed by atoms with Crippen LogP contribution in [0.5, 0.6) is 0 Å². The van der Waals surface area contributed by atoms with Gasteiger partial charge in [-0.2, -0.15) is 0 Å². The van der Waals surface area contributed by atoms with Gasteiger partial charge >= 0.3 is 5.97 Å². The molecule has 2 aromatic rings. The molecule has 1 atom stereocenters. The number of carbonyl (C=O) groups excluding carboxylic acids is 1. The summed E-state index contributed by atoms with van der Waals surface area (Å²) in [6.07, 6.45) is 0. The summed E-state index contributed by atoms with van der Waals surface area (Å²) in [5.41, 5.74) is 1.48. The molecule has 1 heterocycles. The molecule has 0 fully saturated rings. The number of aryl methyl sites for hydroxylation is 2. The van der Waals surface area contributed by atoms with Crippen LogP contribution in [0.4, 0.5) is 4.39 Å². The molecule has 0 aliphatic rings. The average Bonchev–Trinajstić information content (AvgIpc) is 2.80. The van der Waals surface area contributed by atoms with E-state index in [0.29, 0.717) is 10.4 Å². The number of carbonyl (C=O) groups is 2. The first-order valence-corrected chi connectivity index (χ1v) is 7.53. The Morgan fingerprint density at radius 1 is 1.27 bits per heavy atom. The Kier molecular flexibility index (Phi) is 4.92. The molecule has 22 heavy (non-hydrogen) atoms. The summed E-state index contributed by atoms with van der Waals surface area (Å²) in [7, 11) is 0. The SMILES string of the molecule is Cc1cc(C(=O)NCC(C(=O)O)c2ccc(F)cc2)sc1C. The van der Waals surface area contributed by atoms with E-state index in [1.165, 1.54) is 35.6 Å². The zero-order valence-electron chi connectivity index (χ0n) is 12.2. The first-order valence-electron chi connectivity index (χ1n) is 6.72. The van der Waals surface area contributed by atoms with Crippen LogP contribution in [0.25, 0.3) is 0 Å². The van der Waals surface area contributed by atoms with Crippen molar-refractivity contribution in [1.82, 2.24) is 5.32 Å². The van der Waals surface area contributed by atoms with Crippen molar-refractivity contribution in [3.63, 3.8) is 0 Å². The molecular formula is C16H16FNO3S. The minimum atomic E-state index is -1.06. The third kappa shape index (κ3) is 3.71. The lowest BCUT2D eigenvalue weighted by atomic mass is 9.99. The number of benzene rings is 1. The summed E-state index contributed by atoms with van der Waals surface area (Å²) in [5.74, 6) is -2.70. The first-order chi connectivity index (χ1) is 10.4. The van der Waals surface area contributed by atoms with Crippen LogP contribution in [-0.4, -0.2) is 23.5 Å². The van der Waals surface area contributed by atoms with Crippen LogP contribution >= 0.6 is 11.3 Å². The highest BCUT2D eigenvalue weighted by molar-refractivity contribution is 7.14. The van der Waals surface area contributed by atoms with Crippen LogP contribution in [0.1, 0.15) is 31.6 Å². The van der Waals surface area contributed by atoms with Gasteiger partial charge in [-0.1, -0.05) is 12.1 Å². The maximum Gasteiger partial charge on any atom is 0.312 e. The van der Waals surface area contributed by atoms with Crippen LogP contribution in [0, 0.1) is 19.7 Å². The van der Waals surface area contributed by atoms with Crippen molar-refractivity contribution in [3.8, 4) is 0 Å². The van der Waals surface area contributed by atoms with Gasteiger partial charge in [-0.15, -0.1) is 11.3 Å². The van der Waals surface area contributed by atoms with Crippen molar-refractivity contribution in [2.75, 3.05) is 6.54 Å². The molecule has 116 valence electrons. The molecule has 2 N–H and O–H groups in total. The second-order valence-corrected chi connectivity index (χ2v) is 6.26. The Balaban J connectivity index is 2.07. The molecule has 6 heteroatoms. The van der Waals surface area contributed by atoms with Gasteiger partial charge in [-0.25, -0.2) is 4.39 Å². The zero-order valence-corrected chi connectivity index (χ0v) is 13.0. The lowest BCUT2D eigenvalue weighted by Gasteiger charge is -2.13. The third-order valence-electron chi connectivity index (χ3n) is 3.43. The summed E-state index contributed by atoms with van der Waals surface area (Å²) in [5, 5.41) is 11.9. The van der Waals surface area contributed by atoms with Gasteiger partial charge < -0.3 is 10.4 Å². The number of hydrogen-bond donors (Lipinski definition) is 2. The number of amides is 1. The predicted octanol–water partition coefficient (Wildman–Crippen LogP) is 3.10. The molecule has 1 aromatic carbocycles. The Bertz CT molecular complexity index is 674. The number of nitrogens with one attached hydrogen (secondary N) is 1. The smallest absolute Gasteiger partial charge is 0.312 e. The van der Waals surface area contributed by atoms with Gasteiger partial charge in [0.2, 0.25) is 0 Å². The Labute approximate surface area is 131 Å². The molecule has 0 bridgehead atoms. The van der Waals surface area contributed by atoms with E-state index in [4.69, 9.17) is 0 Å². The first kappa shape index (κ1) is 16.2. The van der Waals surface area contributed by atoms with E-state index in [9.17, 15) is 19.1 Å². The van der Waals surface area contributed by atoms with E-state index < -0.39 is 17.7 Å². The average molecular weight is 321 g/mol. The van der Waals surface area contributed by atoms with Gasteiger partial charge in [0, 0.05) is 11.4 Å². The fourth-order valence-corrected chi connectivity index (χ4v) is 2.96. The second-order valence-electron chi connectivity index (χ2n) is 5.00. The number of carboxylic acids is 1. The summed E-state index contributed by atoms with van der Waals surface area (Å²) >= 11 is 1.37.